The van der Waals surface area contributed by atoms with Crippen LogP contribution in [0.5, 0.6) is 17.2 Å². The summed E-state index contributed by atoms with van der Waals surface area (Å²) < 4.78 is 18.2. The molecule has 0 saturated heterocycles. The van der Waals surface area contributed by atoms with Crippen LogP contribution in [0.4, 0.5) is 5.82 Å². The van der Waals surface area contributed by atoms with Gasteiger partial charge in [0.05, 0.1) is 33.2 Å². The first kappa shape index (κ1) is 19.8. The third-order valence-corrected chi connectivity index (χ3v) is 5.47. The van der Waals surface area contributed by atoms with Gasteiger partial charge in [-0.05, 0) is 41.8 Å². The Morgan fingerprint density at radius 1 is 1.10 bits per heavy atom. The fraction of sp³-hybridized carbons (Fsp3) is 0.304. The van der Waals surface area contributed by atoms with Gasteiger partial charge in [0.1, 0.15) is 5.82 Å². The molecule has 1 aliphatic rings. The minimum atomic E-state index is -0.175. The van der Waals surface area contributed by atoms with Crippen LogP contribution in [0, 0.1) is 0 Å². The first-order valence-electron chi connectivity index (χ1n) is 9.86. The van der Waals surface area contributed by atoms with E-state index in [-0.39, 0.29) is 11.8 Å². The van der Waals surface area contributed by atoms with Gasteiger partial charge in [-0.15, -0.1) is 0 Å². The van der Waals surface area contributed by atoms with Crippen molar-refractivity contribution in [2.45, 2.75) is 25.7 Å². The van der Waals surface area contributed by atoms with E-state index in [1.165, 1.54) is 5.56 Å². The average Bonchev–Trinajstić information content (AvgIpc) is 3.21. The van der Waals surface area contributed by atoms with E-state index < -0.39 is 0 Å². The summed E-state index contributed by atoms with van der Waals surface area (Å²) >= 11 is 0. The van der Waals surface area contributed by atoms with Crippen molar-refractivity contribution in [3.8, 4) is 22.9 Å². The molecular weight excluding hydrogens is 382 g/mol. The monoisotopic (exact) mass is 407 g/mol. The zero-order valence-electron chi connectivity index (χ0n) is 17.6. The van der Waals surface area contributed by atoms with Gasteiger partial charge >= 0.3 is 0 Å². The molecule has 2 heterocycles. The van der Waals surface area contributed by atoms with Gasteiger partial charge in [-0.1, -0.05) is 19.1 Å². The Morgan fingerprint density at radius 3 is 2.47 bits per heavy atom. The van der Waals surface area contributed by atoms with Crippen LogP contribution in [-0.2, 0) is 11.2 Å². The summed E-state index contributed by atoms with van der Waals surface area (Å²) in [5, 5.41) is 7.59. The van der Waals surface area contributed by atoms with Gasteiger partial charge in [0.25, 0.3) is 0 Å². The smallest absolute Gasteiger partial charge is 0.226 e. The largest absolute Gasteiger partial charge is 0.493 e. The van der Waals surface area contributed by atoms with Crippen molar-refractivity contribution in [2.24, 2.45) is 0 Å². The number of methoxy groups -OCH3 is 3. The SMILES string of the molecule is CCc1cccc(-n2ncc3c2NC(=O)CC3c2cc(OC)c(OC)c(OC)c2)c1. The van der Waals surface area contributed by atoms with E-state index in [0.29, 0.717) is 29.5 Å². The number of benzene rings is 2. The maximum atomic E-state index is 12.6. The summed E-state index contributed by atoms with van der Waals surface area (Å²) in [6, 6.07) is 11.9. The second-order valence-corrected chi connectivity index (χ2v) is 7.15. The van der Waals surface area contributed by atoms with Crippen LogP contribution in [0.2, 0.25) is 0 Å². The molecular formula is C23H25N3O4. The van der Waals surface area contributed by atoms with Crippen molar-refractivity contribution in [3.63, 3.8) is 0 Å². The van der Waals surface area contributed by atoms with Gasteiger partial charge in [-0.3, -0.25) is 4.79 Å². The molecule has 30 heavy (non-hydrogen) atoms. The summed E-state index contributed by atoms with van der Waals surface area (Å²) in [7, 11) is 4.73. The number of carbonyl (C=O) groups excluding carboxylic acids is 1. The maximum absolute atomic E-state index is 12.6. The number of fused-ring (bicyclic) bond motifs is 1. The lowest BCUT2D eigenvalue weighted by atomic mass is 9.87. The predicted octanol–water partition coefficient (Wildman–Crippen LogP) is 3.93. The van der Waals surface area contributed by atoms with Crippen molar-refractivity contribution >= 4 is 11.7 Å². The Morgan fingerprint density at radius 2 is 1.83 bits per heavy atom. The highest BCUT2D eigenvalue weighted by molar-refractivity contribution is 5.94. The lowest BCUT2D eigenvalue weighted by Crippen LogP contribution is -2.24. The van der Waals surface area contributed by atoms with Crippen molar-refractivity contribution in [3.05, 3.63) is 59.3 Å². The molecule has 2 aromatic carbocycles. The molecule has 0 aliphatic carbocycles. The highest BCUT2D eigenvalue weighted by Gasteiger charge is 2.32. The number of amides is 1. The third kappa shape index (κ3) is 3.36. The van der Waals surface area contributed by atoms with Crippen LogP contribution in [0.25, 0.3) is 5.69 Å². The fourth-order valence-corrected chi connectivity index (χ4v) is 3.92. The number of nitrogens with zero attached hydrogens (tertiary/aromatic N) is 2. The minimum Gasteiger partial charge on any atom is -0.493 e. The van der Waals surface area contributed by atoms with Crippen LogP contribution in [0.15, 0.2) is 42.6 Å². The highest BCUT2D eigenvalue weighted by Crippen LogP contribution is 2.44. The molecule has 1 aromatic heterocycles. The zero-order valence-corrected chi connectivity index (χ0v) is 17.6. The predicted molar refractivity (Wildman–Crippen MR) is 114 cm³/mol. The molecule has 4 rings (SSSR count). The first-order chi connectivity index (χ1) is 14.6. The number of carbonyl (C=O) groups is 1. The van der Waals surface area contributed by atoms with E-state index in [1.807, 2.05) is 30.5 Å². The number of hydrogen-bond acceptors (Lipinski definition) is 5. The quantitative estimate of drug-likeness (QED) is 0.670. The van der Waals surface area contributed by atoms with E-state index in [0.717, 1.165) is 23.2 Å². The van der Waals surface area contributed by atoms with Crippen molar-refractivity contribution in [1.29, 1.82) is 0 Å². The van der Waals surface area contributed by atoms with Gasteiger partial charge in [-0.25, -0.2) is 4.68 Å². The summed E-state index contributed by atoms with van der Waals surface area (Å²) in [5.74, 6) is 2.10. The highest BCUT2D eigenvalue weighted by atomic mass is 16.5. The molecule has 0 saturated carbocycles. The van der Waals surface area contributed by atoms with E-state index >= 15 is 0 Å². The Kier molecular flexibility index (Phi) is 5.35. The molecule has 7 nitrogen and oxygen atoms in total. The first-order valence-corrected chi connectivity index (χ1v) is 9.86. The number of aromatic nitrogens is 2. The molecule has 1 atom stereocenters. The molecule has 0 fully saturated rings. The summed E-state index contributed by atoms with van der Waals surface area (Å²) in [5.41, 5.74) is 3.98. The Bertz CT molecular complexity index is 1060. The second-order valence-electron chi connectivity index (χ2n) is 7.15. The van der Waals surface area contributed by atoms with Gasteiger partial charge in [0.2, 0.25) is 11.7 Å². The molecule has 7 heteroatoms. The van der Waals surface area contributed by atoms with E-state index in [1.54, 1.807) is 26.0 Å². The fourth-order valence-electron chi connectivity index (χ4n) is 3.92. The second kappa shape index (κ2) is 8.10. The molecule has 3 aromatic rings. The Balaban J connectivity index is 1.82. The lowest BCUT2D eigenvalue weighted by molar-refractivity contribution is -0.116. The van der Waals surface area contributed by atoms with Crippen molar-refractivity contribution in [1.82, 2.24) is 9.78 Å². The van der Waals surface area contributed by atoms with E-state index in [2.05, 4.69) is 29.5 Å². The average molecular weight is 407 g/mol. The van der Waals surface area contributed by atoms with Gasteiger partial charge in [0.15, 0.2) is 11.5 Å². The number of aryl methyl sites for hydroxylation is 1. The summed E-state index contributed by atoms with van der Waals surface area (Å²) in [6.07, 6.45) is 3.06. The van der Waals surface area contributed by atoms with E-state index in [9.17, 15) is 4.79 Å². The number of anilines is 1. The van der Waals surface area contributed by atoms with E-state index in [4.69, 9.17) is 14.2 Å². The van der Waals surface area contributed by atoms with Crippen LogP contribution in [-0.4, -0.2) is 37.0 Å². The standard InChI is InChI=1S/C23H25N3O4/c1-5-14-7-6-8-16(9-14)26-23-18(13-24-26)17(12-21(27)25-23)15-10-19(28-2)22(30-4)20(11-15)29-3/h6-11,13,17H,5,12H2,1-4H3,(H,25,27). The van der Waals surface area contributed by atoms with Gasteiger partial charge < -0.3 is 19.5 Å². The molecule has 1 aliphatic heterocycles. The van der Waals surface area contributed by atoms with Crippen LogP contribution in [0.3, 0.4) is 0 Å². The number of ether oxygens (including phenoxy) is 3. The lowest BCUT2D eigenvalue weighted by Gasteiger charge is -2.25. The molecule has 1 unspecified atom stereocenters. The van der Waals surface area contributed by atoms with Crippen molar-refractivity contribution < 1.29 is 19.0 Å². The minimum absolute atomic E-state index is 0.0605. The van der Waals surface area contributed by atoms with Crippen LogP contribution < -0.4 is 19.5 Å². The van der Waals surface area contributed by atoms with Crippen molar-refractivity contribution in [2.75, 3.05) is 26.6 Å². The van der Waals surface area contributed by atoms with Gasteiger partial charge in [-0.2, -0.15) is 5.10 Å². The maximum Gasteiger partial charge on any atom is 0.226 e. The summed E-state index contributed by atoms with van der Waals surface area (Å²) in [4.78, 5) is 12.6. The molecule has 0 radical (unpaired) electrons. The molecule has 0 bridgehead atoms. The molecule has 156 valence electrons. The summed E-state index contributed by atoms with van der Waals surface area (Å²) in [6.45, 7) is 2.11. The van der Waals surface area contributed by atoms with Crippen LogP contribution in [0.1, 0.15) is 36.0 Å². The number of rotatable bonds is 6. The zero-order chi connectivity index (χ0) is 21.3. The Hall–Kier alpha value is -3.48. The molecule has 1 N–H and O–H groups in total. The Labute approximate surface area is 175 Å². The number of hydrogen-bond donors (Lipinski definition) is 1. The number of nitrogens with one attached hydrogen (secondary N) is 1. The molecule has 1 amide bonds. The topological polar surface area (TPSA) is 74.6 Å². The normalized spacial score (nSPS) is 15.3. The van der Waals surface area contributed by atoms with Crippen LogP contribution >= 0.6 is 0 Å². The van der Waals surface area contributed by atoms with Gasteiger partial charge in [0, 0.05) is 17.9 Å². The molecule has 0 spiro atoms. The third-order valence-electron chi connectivity index (χ3n) is 5.47.